The number of rotatable bonds is 39. The van der Waals surface area contributed by atoms with Gasteiger partial charge < -0.3 is 60.7 Å². The molecule has 0 aliphatic heterocycles. The molecule has 10 atom stereocenters. The topological polar surface area (TPSA) is 296 Å². The molecule has 516 valence electrons. The normalized spacial score (nSPS) is 14.8. The Kier molecular flexibility index (Phi) is 34.8. The Labute approximate surface area is 543 Å². The van der Waals surface area contributed by atoms with Crippen molar-refractivity contribution in [3.63, 3.8) is 0 Å². The van der Waals surface area contributed by atoms with Gasteiger partial charge >= 0.3 is 5.97 Å². The van der Waals surface area contributed by atoms with Crippen molar-refractivity contribution in [2.45, 2.75) is 216 Å². The van der Waals surface area contributed by atoms with Gasteiger partial charge in [-0.25, -0.2) is 4.79 Å². The van der Waals surface area contributed by atoms with Crippen molar-refractivity contribution >= 4 is 71.5 Å². The highest BCUT2D eigenvalue weighted by Crippen LogP contribution is 2.26. The number of amides is 11. The van der Waals surface area contributed by atoms with Crippen molar-refractivity contribution in [1.29, 1.82) is 0 Å². The molecule has 24 heteroatoms. The first-order valence-electron chi connectivity index (χ1n) is 32.4. The molecule has 0 fully saturated rings. The minimum atomic E-state index is -1.20. The van der Waals surface area contributed by atoms with Gasteiger partial charge in [-0.2, -0.15) is 0 Å². The molecule has 91 heavy (non-hydrogen) atoms. The molecule has 11 amide bonds. The molecule has 0 radical (unpaired) electrons. The Hall–Kier alpha value is -7.14. The lowest BCUT2D eigenvalue weighted by atomic mass is 9.92. The first-order chi connectivity index (χ1) is 42.2. The monoisotopic (exact) mass is 1280 g/mol. The lowest BCUT2D eigenvalue weighted by Gasteiger charge is -2.40. The van der Waals surface area contributed by atoms with Crippen molar-refractivity contribution in [2.24, 2.45) is 41.4 Å². The summed E-state index contributed by atoms with van der Waals surface area (Å²) in [4.78, 5) is 175. The first-order valence-corrected chi connectivity index (χ1v) is 32.4. The average Bonchev–Trinajstić information content (AvgIpc) is 1.74. The number of nitrogens with one attached hydrogen (secondary N) is 4. The van der Waals surface area contributed by atoms with Gasteiger partial charge in [0.25, 0.3) is 0 Å². The molecule has 0 aliphatic rings. The van der Waals surface area contributed by atoms with E-state index < -0.39 is 138 Å². The first kappa shape index (κ1) is 81.9. The standard InChI is InChI=1S/C67H115N11O13/c1-24-49(62(85)72(17)37-55(80)74(19)50(32-39(2)3)61(84)71-56(43(10)11)65(88)75(20)51(33-40(4)5)59(82)69-46(15)58(81)68-16)70-60(83)52(36-45(14)26-25-27-47-28-30-48(31-29-47)67(90)91)76(21)66(89)57(44(12)13)78(23)64(87)54(35-42(8)9)77(22)63(86)53(34-41(6)7)73(18)38-79/h28-31,38-46,49-54,56-57H,24-27,32-37H2,1-23H3,(H,68,81)(H,69,82)(H,70,83)(H,71,84)(H,90,91)/t45-,46-,49+,50+,51+,52?,53+,54+,56+,57+/m1/s1. The van der Waals surface area contributed by atoms with E-state index in [1.165, 1.54) is 105 Å². The van der Waals surface area contributed by atoms with Crippen molar-refractivity contribution in [3.8, 4) is 0 Å². The maximum absolute atomic E-state index is 15.2. The molecule has 0 saturated carbocycles. The van der Waals surface area contributed by atoms with Gasteiger partial charge in [-0.05, 0) is 117 Å². The summed E-state index contributed by atoms with van der Waals surface area (Å²) in [5.74, 6) is -7.96. The largest absolute Gasteiger partial charge is 0.478 e. The summed E-state index contributed by atoms with van der Waals surface area (Å²) in [5.41, 5.74) is 1.08. The van der Waals surface area contributed by atoms with E-state index in [0.717, 1.165) is 10.5 Å². The van der Waals surface area contributed by atoms with Crippen LogP contribution in [0.4, 0.5) is 0 Å². The number of aromatic carboxylic acids is 1. The van der Waals surface area contributed by atoms with Gasteiger partial charge in [0.05, 0.1) is 12.1 Å². The van der Waals surface area contributed by atoms with Crippen LogP contribution in [0.5, 0.6) is 0 Å². The molecule has 1 aromatic carbocycles. The maximum Gasteiger partial charge on any atom is 0.335 e. The van der Waals surface area contributed by atoms with Crippen LogP contribution in [0.2, 0.25) is 0 Å². The van der Waals surface area contributed by atoms with E-state index in [2.05, 4.69) is 21.3 Å². The van der Waals surface area contributed by atoms with Crippen molar-refractivity contribution in [3.05, 3.63) is 35.4 Å². The molecule has 0 saturated heterocycles. The number of carbonyl (C=O) groups is 12. The smallest absolute Gasteiger partial charge is 0.335 e. The second kappa shape index (κ2) is 38.6. The summed E-state index contributed by atoms with van der Waals surface area (Å²) < 4.78 is 0. The Morgan fingerprint density at radius 2 is 0.934 bits per heavy atom. The molecule has 0 bridgehead atoms. The molecular formula is C67H115N11O13. The molecule has 0 aromatic heterocycles. The summed E-state index contributed by atoms with van der Waals surface area (Å²) >= 11 is 0. The van der Waals surface area contributed by atoms with E-state index in [9.17, 15) is 57.8 Å². The average molecular weight is 1280 g/mol. The number of carbonyl (C=O) groups excluding carboxylic acids is 11. The van der Waals surface area contributed by atoms with E-state index in [-0.39, 0.29) is 67.3 Å². The number of aryl methyl sites for hydroxylation is 1. The highest BCUT2D eigenvalue weighted by Gasteiger charge is 2.43. The Balaban J connectivity index is 3.71. The summed E-state index contributed by atoms with van der Waals surface area (Å²) in [6, 6.07) is -2.92. The van der Waals surface area contributed by atoms with Crippen LogP contribution in [0.15, 0.2) is 24.3 Å². The summed E-state index contributed by atoms with van der Waals surface area (Å²) in [6.45, 7) is 26.9. The molecule has 0 aliphatic carbocycles. The van der Waals surface area contributed by atoms with Crippen molar-refractivity contribution < 1.29 is 62.6 Å². The maximum atomic E-state index is 15.2. The van der Waals surface area contributed by atoms with Gasteiger partial charge in [-0.15, -0.1) is 0 Å². The molecule has 24 nitrogen and oxygen atoms in total. The second-order valence-electron chi connectivity index (χ2n) is 27.3. The Bertz CT molecular complexity index is 2590. The van der Waals surface area contributed by atoms with Crippen molar-refractivity contribution in [2.75, 3.05) is 62.9 Å². The van der Waals surface area contributed by atoms with Crippen LogP contribution < -0.4 is 21.3 Å². The third-order valence-electron chi connectivity index (χ3n) is 16.9. The summed E-state index contributed by atoms with van der Waals surface area (Å²) in [7, 11) is 11.8. The fourth-order valence-electron chi connectivity index (χ4n) is 11.2. The van der Waals surface area contributed by atoms with E-state index in [1.807, 2.05) is 62.3 Å². The lowest BCUT2D eigenvalue weighted by Crippen LogP contribution is -2.61. The quantitative estimate of drug-likeness (QED) is 0.0549. The van der Waals surface area contributed by atoms with Crippen molar-refractivity contribution in [1.82, 2.24) is 55.6 Å². The molecular weight excluding hydrogens is 1170 g/mol. The highest BCUT2D eigenvalue weighted by atomic mass is 16.4. The number of benzene rings is 1. The summed E-state index contributed by atoms with van der Waals surface area (Å²) in [6.07, 6.45) is 3.64. The molecule has 1 unspecified atom stereocenters. The zero-order valence-corrected chi connectivity index (χ0v) is 59.2. The number of likely N-dealkylation sites (N-methyl/N-ethyl adjacent to an activating group) is 8. The Morgan fingerprint density at radius 3 is 1.40 bits per heavy atom. The minimum Gasteiger partial charge on any atom is -0.478 e. The molecule has 0 heterocycles. The minimum absolute atomic E-state index is 0.0334. The third kappa shape index (κ3) is 25.1. The van der Waals surface area contributed by atoms with Crippen LogP contribution in [0, 0.1) is 41.4 Å². The van der Waals surface area contributed by atoms with Gasteiger partial charge in [0, 0.05) is 56.4 Å². The van der Waals surface area contributed by atoms with E-state index in [0.29, 0.717) is 32.1 Å². The molecule has 1 rings (SSSR count). The molecule has 5 N–H and O–H groups in total. The zero-order valence-electron chi connectivity index (χ0n) is 59.2. The van der Waals surface area contributed by atoms with Crippen LogP contribution in [-0.2, 0) is 59.2 Å². The van der Waals surface area contributed by atoms with Gasteiger partial charge in [0.15, 0.2) is 0 Å². The highest BCUT2D eigenvalue weighted by molar-refractivity contribution is 5.98. The zero-order chi connectivity index (χ0) is 70.2. The fourth-order valence-corrected chi connectivity index (χ4v) is 11.2. The lowest BCUT2D eigenvalue weighted by molar-refractivity contribution is -0.155. The van der Waals surface area contributed by atoms with Crippen LogP contribution in [0.3, 0.4) is 0 Å². The second-order valence-corrected chi connectivity index (χ2v) is 27.3. The third-order valence-corrected chi connectivity index (χ3v) is 16.9. The molecule has 0 spiro atoms. The van der Waals surface area contributed by atoms with Gasteiger partial charge in [0.1, 0.15) is 54.4 Å². The summed E-state index contributed by atoms with van der Waals surface area (Å²) in [5, 5.41) is 20.3. The molecule has 1 aromatic rings. The number of hydrogen-bond donors (Lipinski definition) is 5. The number of nitrogens with zero attached hydrogens (tertiary/aromatic N) is 7. The fraction of sp³-hybridized carbons (Fsp3) is 0.731. The predicted octanol–water partition coefficient (Wildman–Crippen LogP) is 4.91. The van der Waals surface area contributed by atoms with Gasteiger partial charge in [0.2, 0.25) is 65.5 Å². The predicted molar refractivity (Wildman–Crippen MR) is 351 cm³/mol. The number of carboxylic acids is 1. The number of hydrogen-bond acceptors (Lipinski definition) is 12. The van der Waals surface area contributed by atoms with E-state index in [4.69, 9.17) is 0 Å². The SMILES string of the molecule is CC[C@H](NC(=O)C(C[C@H](C)CCCc1ccc(C(=O)O)cc1)N(C)C(=O)[C@H](C(C)C)N(C)C(=O)[C@H](CC(C)C)N(C)C(=O)[C@H](CC(C)C)N(C)C=O)C(=O)N(C)CC(=O)N(C)[C@@H](CC(C)C)C(=O)N[C@H](C(=O)N(C)[C@@H](CC(C)C)C(=O)N[C@H](C)C(=O)NC)C(C)C. The van der Waals surface area contributed by atoms with Crippen LogP contribution in [0.25, 0.3) is 0 Å². The van der Waals surface area contributed by atoms with Crippen LogP contribution in [0.1, 0.15) is 171 Å². The number of carboxylic acid groups (broad SMARTS) is 1. The van der Waals surface area contributed by atoms with Crippen LogP contribution >= 0.6 is 0 Å². The Morgan fingerprint density at radius 1 is 0.495 bits per heavy atom. The van der Waals surface area contributed by atoms with E-state index >= 15 is 4.79 Å². The van der Waals surface area contributed by atoms with Gasteiger partial charge in [-0.1, -0.05) is 115 Å². The van der Waals surface area contributed by atoms with Gasteiger partial charge in [-0.3, -0.25) is 52.7 Å². The van der Waals surface area contributed by atoms with Crippen LogP contribution in [-0.4, -0.2) is 228 Å². The van der Waals surface area contributed by atoms with E-state index in [1.54, 1.807) is 46.8 Å².